The maximum Gasteiger partial charge on any atom is 3.00 e. The van der Waals surface area contributed by atoms with Gasteiger partial charge in [-0.2, -0.15) is 0 Å². The van der Waals surface area contributed by atoms with Crippen LogP contribution in [0.2, 0.25) is 0 Å². The molecule has 0 saturated carbocycles. The van der Waals surface area contributed by atoms with E-state index in [0.717, 1.165) is 32.8 Å². The maximum absolute atomic E-state index is 5.54. The van der Waals surface area contributed by atoms with Gasteiger partial charge in [0.15, 0.2) is 0 Å². The van der Waals surface area contributed by atoms with Crippen molar-refractivity contribution in [1.29, 1.82) is 0 Å². The van der Waals surface area contributed by atoms with Crippen LogP contribution in [0.15, 0.2) is 0 Å². The smallest absolute Gasteiger partial charge is 0.412 e. The van der Waals surface area contributed by atoms with E-state index < -0.39 is 0 Å². The van der Waals surface area contributed by atoms with Crippen LogP contribution in [0.5, 0.6) is 0 Å². The summed E-state index contributed by atoms with van der Waals surface area (Å²) in [6.07, 6.45) is 7.43. The van der Waals surface area contributed by atoms with E-state index in [1.165, 1.54) is 32.1 Å². The second-order valence-electron chi connectivity index (χ2n) is 4.39. The molecular weight excluding hydrogens is 291 g/mol. The maximum atomic E-state index is 5.54. The van der Waals surface area contributed by atoms with Crippen LogP contribution < -0.4 is 5.32 Å². The van der Waals surface area contributed by atoms with Crippen LogP contribution in [-0.2, 0) is 42.2 Å². The van der Waals surface area contributed by atoms with Crippen LogP contribution in [0, 0.1) is 6.92 Å². The fourth-order valence-electron chi connectivity index (χ4n) is 2.00. The summed E-state index contributed by atoms with van der Waals surface area (Å²) in [6, 6.07) is 0.501. The third-order valence-electron chi connectivity index (χ3n) is 2.95. The molecule has 3 nitrogen and oxygen atoms in total. The topological polar surface area (TPSA) is 30.5 Å². The molecule has 0 amide bonds. The third kappa shape index (κ3) is 10.6. The Labute approximate surface area is 131 Å². The van der Waals surface area contributed by atoms with Gasteiger partial charge in [-0.05, 0) is 25.8 Å². The Balaban J connectivity index is 0.00000256. The largest absolute Gasteiger partial charge is 3.00 e. The molecule has 0 spiro atoms. The molecule has 1 rings (SSSR count). The van der Waals surface area contributed by atoms with Crippen molar-refractivity contribution in [2.45, 2.75) is 44.6 Å². The summed E-state index contributed by atoms with van der Waals surface area (Å²) in [5, 5.41) is 3.54. The Morgan fingerprint density at radius 3 is 2.71 bits per heavy atom. The van der Waals surface area contributed by atoms with E-state index in [1.807, 2.05) is 0 Å². The van der Waals surface area contributed by atoms with Crippen molar-refractivity contribution in [2.24, 2.45) is 0 Å². The van der Waals surface area contributed by atoms with Crippen molar-refractivity contribution >= 4 is 0 Å². The van der Waals surface area contributed by atoms with E-state index in [0.29, 0.717) is 12.6 Å². The fraction of sp³-hybridized carbons (Fsp3) is 0.923. The van der Waals surface area contributed by atoms with Crippen molar-refractivity contribution in [2.75, 3.05) is 33.0 Å². The molecule has 1 aliphatic rings. The average Bonchev–Trinajstić information content (AvgIpc) is 2.28. The van der Waals surface area contributed by atoms with E-state index in [9.17, 15) is 0 Å². The first kappa shape index (κ1) is 18.0. The van der Waals surface area contributed by atoms with Gasteiger partial charge in [0.05, 0.1) is 6.61 Å². The number of ether oxygens (including phenoxy) is 2. The van der Waals surface area contributed by atoms with E-state index in [-0.39, 0.29) is 32.7 Å². The summed E-state index contributed by atoms with van der Waals surface area (Å²) in [4.78, 5) is 0. The summed E-state index contributed by atoms with van der Waals surface area (Å²) in [5.41, 5.74) is 0. The molecule has 0 aromatic heterocycles. The fourth-order valence-corrected chi connectivity index (χ4v) is 2.00. The third-order valence-corrected chi connectivity index (χ3v) is 2.95. The summed E-state index contributed by atoms with van der Waals surface area (Å²) >= 11 is 0. The predicted molar refractivity (Wildman–Crippen MR) is 66.5 cm³/mol. The predicted octanol–water partition coefficient (Wildman–Crippen LogP) is 2.16. The molecule has 17 heavy (non-hydrogen) atoms. The van der Waals surface area contributed by atoms with Gasteiger partial charge < -0.3 is 21.7 Å². The van der Waals surface area contributed by atoms with Crippen molar-refractivity contribution in [3.8, 4) is 0 Å². The molecule has 0 aromatic rings. The van der Waals surface area contributed by atoms with Crippen molar-refractivity contribution in [3.05, 3.63) is 6.92 Å². The van der Waals surface area contributed by atoms with Crippen LogP contribution in [-0.4, -0.2) is 39.0 Å². The van der Waals surface area contributed by atoms with Gasteiger partial charge in [0.25, 0.3) is 0 Å². The minimum atomic E-state index is 0. The van der Waals surface area contributed by atoms with Gasteiger partial charge in [-0.3, -0.25) is 0 Å². The van der Waals surface area contributed by atoms with Gasteiger partial charge in [0.2, 0.25) is 0 Å². The molecule has 1 unspecified atom stereocenters. The second kappa shape index (κ2) is 13.4. The minimum Gasteiger partial charge on any atom is -0.412 e. The molecule has 1 aliphatic heterocycles. The van der Waals surface area contributed by atoms with E-state index in [2.05, 4.69) is 12.2 Å². The second-order valence-corrected chi connectivity index (χ2v) is 4.39. The normalized spacial score (nSPS) is 24.2. The number of rotatable bonds is 3. The first-order chi connectivity index (χ1) is 7.93. The summed E-state index contributed by atoms with van der Waals surface area (Å²) in [7, 11) is 0. The monoisotopic (exact) mass is 317 g/mol. The Morgan fingerprint density at radius 1 is 1.12 bits per heavy atom. The zero-order valence-corrected chi connectivity index (χ0v) is 13.8. The van der Waals surface area contributed by atoms with Crippen molar-refractivity contribution < 1.29 is 42.2 Å². The van der Waals surface area contributed by atoms with Gasteiger partial charge in [0.1, 0.15) is 0 Å². The molecule has 4 heteroatoms. The molecule has 0 aliphatic carbocycles. The molecule has 0 radical (unpaired) electrons. The number of nitrogens with one attached hydrogen (secondary N) is 1. The quantitative estimate of drug-likeness (QED) is 0.809. The minimum absolute atomic E-state index is 0. The van der Waals surface area contributed by atoms with E-state index >= 15 is 0 Å². The molecule has 1 fully saturated rings. The molecule has 1 atom stereocenters. The van der Waals surface area contributed by atoms with Gasteiger partial charge in [-0.25, -0.2) is 0 Å². The van der Waals surface area contributed by atoms with E-state index in [4.69, 9.17) is 9.47 Å². The average molecular weight is 317 g/mol. The molecule has 1 N–H and O–H groups in total. The molecule has 1 heterocycles. The molecule has 0 aromatic carbocycles. The van der Waals surface area contributed by atoms with Crippen LogP contribution in [0.4, 0.5) is 0 Å². The van der Waals surface area contributed by atoms with Crippen molar-refractivity contribution in [3.63, 3.8) is 0 Å². The molecule has 1 saturated heterocycles. The molecular formula is C13H26NO2Y+2. The summed E-state index contributed by atoms with van der Waals surface area (Å²) < 4.78 is 10.9. The Bertz CT molecular complexity index is 146. The van der Waals surface area contributed by atoms with Gasteiger partial charge in [-0.1, -0.05) is 25.9 Å². The summed E-state index contributed by atoms with van der Waals surface area (Å²) in [5.74, 6) is 0. The Morgan fingerprint density at radius 2 is 1.88 bits per heavy atom. The van der Waals surface area contributed by atoms with Crippen LogP contribution in [0.1, 0.15) is 38.5 Å². The number of hydrogen-bond donors (Lipinski definition) is 1. The Kier molecular flexibility index (Phi) is 14.2. The van der Waals surface area contributed by atoms with Gasteiger partial charge in [-0.15, -0.1) is 0 Å². The first-order valence-corrected chi connectivity index (χ1v) is 6.61. The van der Waals surface area contributed by atoms with Crippen LogP contribution >= 0.6 is 0 Å². The number of hydrogen-bond acceptors (Lipinski definition) is 3. The molecule has 0 bridgehead atoms. The summed E-state index contributed by atoms with van der Waals surface area (Å²) in [6.45, 7) is 7.93. The first-order valence-electron chi connectivity index (χ1n) is 6.61. The van der Waals surface area contributed by atoms with Crippen molar-refractivity contribution in [1.82, 2.24) is 5.32 Å². The Hall–Kier alpha value is 0.984. The van der Waals surface area contributed by atoms with Gasteiger partial charge in [0, 0.05) is 19.3 Å². The standard InChI is InChI=1S/C13H26NO2.Y/c1-2-15-12-13-8-5-3-4-6-10-16-11-7-9-14-13;/h13-14H,1-12H2;/q-1;+3. The molecule has 96 valence electrons. The zero-order valence-electron chi connectivity index (χ0n) is 11.0. The van der Waals surface area contributed by atoms with Crippen LogP contribution in [0.25, 0.3) is 0 Å². The zero-order chi connectivity index (χ0) is 11.5. The van der Waals surface area contributed by atoms with Crippen LogP contribution in [0.3, 0.4) is 0 Å². The van der Waals surface area contributed by atoms with Gasteiger partial charge >= 0.3 is 32.7 Å². The van der Waals surface area contributed by atoms with E-state index in [1.54, 1.807) is 0 Å². The SMILES string of the molecule is [CH2-]COCC1CCCCCCOCCCN1.[Y+3].